The minimum atomic E-state index is -1.78. The summed E-state index contributed by atoms with van der Waals surface area (Å²) in [4.78, 5) is 26.5. The van der Waals surface area contributed by atoms with Gasteiger partial charge in [-0.1, -0.05) is 94.8 Å². The maximum Gasteiger partial charge on any atom is 0.271 e. The molecular formula is C22H17BrO4S2. The lowest BCUT2D eigenvalue weighted by atomic mass is 9.91. The fraction of sp³-hybridized carbons (Fsp3) is 0.0909. The van der Waals surface area contributed by atoms with E-state index in [9.17, 15) is 13.8 Å². The van der Waals surface area contributed by atoms with Gasteiger partial charge in [0.25, 0.3) is 10.1 Å². The molecule has 0 aromatic heterocycles. The van der Waals surface area contributed by atoms with Gasteiger partial charge in [0, 0.05) is 16.9 Å². The highest BCUT2D eigenvalue weighted by atomic mass is 79.9. The summed E-state index contributed by atoms with van der Waals surface area (Å²) in [5.41, 5.74) is 0.785. The molecule has 29 heavy (non-hydrogen) atoms. The number of carbonyl (C=O) groups excluding carboxylic acids is 2. The van der Waals surface area contributed by atoms with Crippen LogP contribution in [0.15, 0.2) is 91.0 Å². The number of rotatable bonds is 9. The number of hydrogen-bond donors (Lipinski definition) is 0. The van der Waals surface area contributed by atoms with Crippen molar-refractivity contribution in [3.8, 4) is 5.75 Å². The lowest BCUT2D eigenvalue weighted by Gasteiger charge is -2.24. The standard InChI is InChI=1S/C22H17BrO4S2/c23-22(20(24)17-10-4-1-5-11-17,21(25)18-12-6-2-7-13-18)16-28-29(26)27-19-14-8-3-9-15-19/h1-15H,16H2. The molecule has 3 aromatic carbocycles. The van der Waals surface area contributed by atoms with E-state index in [1.807, 2.05) is 6.07 Å². The molecule has 0 amide bonds. The van der Waals surface area contributed by atoms with Crippen LogP contribution in [0.4, 0.5) is 0 Å². The lowest BCUT2D eigenvalue weighted by molar-refractivity contribution is 0.0856. The van der Waals surface area contributed by atoms with Gasteiger partial charge in [-0.3, -0.25) is 9.59 Å². The molecule has 0 radical (unpaired) electrons. The van der Waals surface area contributed by atoms with Crippen LogP contribution in [-0.2, 0) is 10.1 Å². The Hall–Kier alpha value is -2.22. The molecule has 3 aromatic rings. The van der Waals surface area contributed by atoms with Crippen molar-refractivity contribution >= 4 is 48.4 Å². The van der Waals surface area contributed by atoms with Gasteiger partial charge in [0.2, 0.25) is 0 Å². The minimum absolute atomic E-state index is 0.0616. The van der Waals surface area contributed by atoms with E-state index < -0.39 is 26.0 Å². The number of carbonyl (C=O) groups is 2. The van der Waals surface area contributed by atoms with Crippen LogP contribution >= 0.6 is 26.7 Å². The van der Waals surface area contributed by atoms with Gasteiger partial charge in [-0.15, -0.1) is 0 Å². The fourth-order valence-corrected chi connectivity index (χ4v) is 5.87. The molecule has 1 atom stereocenters. The van der Waals surface area contributed by atoms with E-state index in [-0.39, 0.29) is 5.75 Å². The van der Waals surface area contributed by atoms with Gasteiger partial charge in [-0.2, -0.15) is 0 Å². The molecule has 1 unspecified atom stereocenters. The molecule has 4 nitrogen and oxygen atoms in total. The Balaban J connectivity index is 1.83. The quantitative estimate of drug-likeness (QED) is 0.177. The first-order chi connectivity index (χ1) is 14.0. The predicted octanol–water partition coefficient (Wildman–Crippen LogP) is 5.28. The molecule has 148 valence electrons. The second kappa shape index (κ2) is 10.0. The second-order valence-electron chi connectivity index (χ2n) is 6.05. The topological polar surface area (TPSA) is 60.4 Å². The highest BCUT2D eigenvalue weighted by Gasteiger charge is 2.44. The summed E-state index contributed by atoms with van der Waals surface area (Å²) in [5.74, 6) is -0.400. The third kappa shape index (κ3) is 5.44. The zero-order valence-corrected chi connectivity index (χ0v) is 18.4. The van der Waals surface area contributed by atoms with Crippen molar-refractivity contribution in [2.45, 2.75) is 4.32 Å². The van der Waals surface area contributed by atoms with Crippen LogP contribution in [0.5, 0.6) is 5.75 Å². The molecule has 0 bridgehead atoms. The summed E-state index contributed by atoms with van der Waals surface area (Å²) in [7, 11) is -0.895. The van der Waals surface area contributed by atoms with E-state index >= 15 is 0 Å². The van der Waals surface area contributed by atoms with E-state index in [1.165, 1.54) is 0 Å². The number of halogens is 1. The molecule has 7 heteroatoms. The Bertz CT molecular complexity index is 944. The number of alkyl halides is 1. The Morgan fingerprint density at radius 2 is 1.21 bits per heavy atom. The summed E-state index contributed by atoms with van der Waals surface area (Å²) in [6.07, 6.45) is 0. The van der Waals surface area contributed by atoms with E-state index in [0.717, 1.165) is 10.8 Å². The molecule has 0 saturated heterocycles. The molecule has 0 spiro atoms. The van der Waals surface area contributed by atoms with Crippen LogP contribution in [-0.4, -0.2) is 25.9 Å². The molecule has 0 aliphatic carbocycles. The first-order valence-electron chi connectivity index (χ1n) is 8.68. The SMILES string of the molecule is O=C(c1ccccc1)C(Br)(CSS(=O)Oc1ccccc1)C(=O)c1ccccc1. The molecular weight excluding hydrogens is 472 g/mol. The third-order valence-electron chi connectivity index (χ3n) is 4.05. The van der Waals surface area contributed by atoms with E-state index in [0.29, 0.717) is 16.9 Å². The van der Waals surface area contributed by atoms with Crippen molar-refractivity contribution in [2.24, 2.45) is 0 Å². The average molecular weight is 489 g/mol. The highest BCUT2D eigenvalue weighted by molar-refractivity contribution is 9.10. The highest BCUT2D eigenvalue weighted by Crippen LogP contribution is 2.33. The van der Waals surface area contributed by atoms with Crippen molar-refractivity contribution in [2.75, 3.05) is 5.75 Å². The van der Waals surface area contributed by atoms with Crippen molar-refractivity contribution in [1.29, 1.82) is 0 Å². The largest absolute Gasteiger partial charge is 0.393 e. The van der Waals surface area contributed by atoms with Gasteiger partial charge >= 0.3 is 0 Å². The maximum atomic E-state index is 13.2. The van der Waals surface area contributed by atoms with E-state index in [2.05, 4.69) is 15.9 Å². The number of ketones is 2. The van der Waals surface area contributed by atoms with Crippen molar-refractivity contribution in [1.82, 2.24) is 0 Å². The van der Waals surface area contributed by atoms with Crippen molar-refractivity contribution < 1.29 is 18.0 Å². The number of hydrogen-bond acceptors (Lipinski definition) is 5. The summed E-state index contributed by atoms with van der Waals surface area (Å²) in [6, 6.07) is 25.9. The number of benzene rings is 3. The second-order valence-corrected chi connectivity index (χ2v) is 10.0. The van der Waals surface area contributed by atoms with Crippen molar-refractivity contribution in [3.05, 3.63) is 102 Å². The van der Waals surface area contributed by atoms with Gasteiger partial charge in [0.1, 0.15) is 5.75 Å². The predicted molar refractivity (Wildman–Crippen MR) is 121 cm³/mol. The molecule has 0 saturated carbocycles. The summed E-state index contributed by atoms with van der Waals surface area (Å²) < 4.78 is 16.2. The zero-order chi connectivity index (χ0) is 20.7. The summed E-state index contributed by atoms with van der Waals surface area (Å²) >= 11 is 3.39. The van der Waals surface area contributed by atoms with Crippen LogP contribution in [0.1, 0.15) is 20.7 Å². The monoisotopic (exact) mass is 488 g/mol. The molecule has 0 aliphatic heterocycles. The number of para-hydroxylation sites is 1. The first kappa shape index (κ1) is 21.5. The summed E-state index contributed by atoms with van der Waals surface area (Å²) in [5, 5.41) is 0. The van der Waals surface area contributed by atoms with Gasteiger partial charge < -0.3 is 4.18 Å². The van der Waals surface area contributed by atoms with Crippen LogP contribution in [0.25, 0.3) is 0 Å². The Kier molecular flexibility index (Phi) is 7.41. The van der Waals surface area contributed by atoms with Crippen LogP contribution < -0.4 is 4.18 Å². The van der Waals surface area contributed by atoms with Crippen LogP contribution in [0.2, 0.25) is 0 Å². The third-order valence-corrected chi connectivity index (χ3v) is 7.63. The van der Waals surface area contributed by atoms with E-state index in [1.54, 1.807) is 84.9 Å². The van der Waals surface area contributed by atoms with Gasteiger partial charge in [-0.05, 0) is 22.9 Å². The van der Waals surface area contributed by atoms with Crippen LogP contribution in [0.3, 0.4) is 0 Å². The molecule has 0 aliphatic rings. The van der Waals surface area contributed by atoms with E-state index in [4.69, 9.17) is 4.18 Å². The fourth-order valence-electron chi connectivity index (χ4n) is 2.58. The zero-order valence-electron chi connectivity index (χ0n) is 15.2. The maximum absolute atomic E-state index is 13.2. The molecule has 0 N–H and O–H groups in total. The molecule has 0 fully saturated rings. The lowest BCUT2D eigenvalue weighted by Crippen LogP contribution is -2.43. The minimum Gasteiger partial charge on any atom is -0.393 e. The van der Waals surface area contributed by atoms with Crippen molar-refractivity contribution in [3.63, 3.8) is 0 Å². The normalized spacial score (nSPS) is 12.2. The Labute approximate surface area is 183 Å². The Morgan fingerprint density at radius 1 is 0.793 bits per heavy atom. The molecule has 0 heterocycles. The Morgan fingerprint density at radius 3 is 1.66 bits per heavy atom. The van der Waals surface area contributed by atoms with Gasteiger partial charge in [0.05, 0.1) is 0 Å². The van der Waals surface area contributed by atoms with Gasteiger partial charge in [0.15, 0.2) is 15.9 Å². The average Bonchev–Trinajstić information content (AvgIpc) is 2.78. The number of Topliss-reactive ketones (excluding diaryl/α,β-unsaturated/α-hetero) is 2. The first-order valence-corrected chi connectivity index (χ1v) is 12.0. The smallest absolute Gasteiger partial charge is 0.271 e. The summed E-state index contributed by atoms with van der Waals surface area (Å²) in [6.45, 7) is 0. The van der Waals surface area contributed by atoms with Gasteiger partial charge in [-0.25, -0.2) is 4.21 Å². The van der Waals surface area contributed by atoms with Crippen LogP contribution in [0, 0.1) is 0 Å². The molecule has 3 rings (SSSR count).